The van der Waals surface area contributed by atoms with E-state index in [4.69, 9.17) is 10.5 Å². The monoisotopic (exact) mass is 300 g/mol. The van der Waals surface area contributed by atoms with Crippen molar-refractivity contribution in [2.24, 2.45) is 5.73 Å². The van der Waals surface area contributed by atoms with E-state index in [-0.39, 0.29) is 17.8 Å². The molecule has 1 aliphatic heterocycles. The van der Waals surface area contributed by atoms with Crippen molar-refractivity contribution in [3.05, 3.63) is 29.8 Å². The normalized spacial score (nSPS) is 21.5. The van der Waals surface area contributed by atoms with Gasteiger partial charge >= 0.3 is 6.61 Å². The second kappa shape index (κ2) is 7.33. The standard InChI is InChI=1S/C14H18F2N2O3/c15-14(16)21-10-3-1-9(2-4-10)8-18-13(19)12-6-5-11(7-17)20-12/h1-4,11-12,14H,5-8,17H2,(H,18,19)/t11-,12+/m1/s1. The van der Waals surface area contributed by atoms with Gasteiger partial charge in [-0.15, -0.1) is 0 Å². The van der Waals surface area contributed by atoms with Crippen molar-refractivity contribution in [1.29, 1.82) is 0 Å². The highest BCUT2D eigenvalue weighted by Crippen LogP contribution is 2.19. The fraction of sp³-hybridized carbons (Fsp3) is 0.500. The van der Waals surface area contributed by atoms with Crippen LogP contribution in [0.3, 0.4) is 0 Å². The van der Waals surface area contributed by atoms with Gasteiger partial charge in [0.25, 0.3) is 0 Å². The van der Waals surface area contributed by atoms with Crippen LogP contribution in [0.2, 0.25) is 0 Å². The summed E-state index contributed by atoms with van der Waals surface area (Å²) >= 11 is 0. The molecular formula is C14H18F2N2O3. The number of halogens is 2. The maximum Gasteiger partial charge on any atom is 0.387 e. The van der Waals surface area contributed by atoms with Crippen LogP contribution in [0.15, 0.2) is 24.3 Å². The van der Waals surface area contributed by atoms with E-state index in [0.717, 1.165) is 12.0 Å². The molecule has 1 aromatic rings. The van der Waals surface area contributed by atoms with Crippen LogP contribution >= 0.6 is 0 Å². The van der Waals surface area contributed by atoms with Crippen molar-refractivity contribution in [3.8, 4) is 5.75 Å². The minimum absolute atomic E-state index is 0.0495. The first-order valence-corrected chi connectivity index (χ1v) is 6.75. The zero-order chi connectivity index (χ0) is 15.2. The fourth-order valence-corrected chi connectivity index (χ4v) is 2.16. The van der Waals surface area contributed by atoms with Crippen molar-refractivity contribution < 1.29 is 23.0 Å². The molecule has 5 nitrogen and oxygen atoms in total. The number of benzene rings is 1. The van der Waals surface area contributed by atoms with Crippen LogP contribution in [0.1, 0.15) is 18.4 Å². The van der Waals surface area contributed by atoms with Gasteiger partial charge in [0.05, 0.1) is 6.10 Å². The Bertz CT molecular complexity index is 468. The Labute approximate surface area is 121 Å². The van der Waals surface area contributed by atoms with Gasteiger partial charge < -0.3 is 20.5 Å². The van der Waals surface area contributed by atoms with Crippen LogP contribution in [-0.2, 0) is 16.1 Å². The summed E-state index contributed by atoms with van der Waals surface area (Å²) in [6, 6.07) is 6.11. The summed E-state index contributed by atoms with van der Waals surface area (Å²) in [5.41, 5.74) is 6.28. The van der Waals surface area contributed by atoms with E-state index in [1.54, 1.807) is 12.1 Å². The number of rotatable bonds is 6. The minimum Gasteiger partial charge on any atom is -0.435 e. The van der Waals surface area contributed by atoms with Crippen molar-refractivity contribution >= 4 is 5.91 Å². The molecule has 7 heteroatoms. The molecule has 1 aliphatic rings. The Hall–Kier alpha value is -1.73. The van der Waals surface area contributed by atoms with E-state index in [2.05, 4.69) is 10.1 Å². The van der Waals surface area contributed by atoms with Gasteiger partial charge in [0.1, 0.15) is 11.9 Å². The third-order valence-corrected chi connectivity index (χ3v) is 3.28. The van der Waals surface area contributed by atoms with E-state index in [1.165, 1.54) is 12.1 Å². The number of hydrogen-bond acceptors (Lipinski definition) is 4. The SMILES string of the molecule is NC[C@H]1CC[C@@H](C(=O)NCc2ccc(OC(F)F)cc2)O1. The molecule has 1 amide bonds. The molecule has 2 rings (SSSR count). The quantitative estimate of drug-likeness (QED) is 0.833. The summed E-state index contributed by atoms with van der Waals surface area (Å²) in [5, 5.41) is 2.75. The number of nitrogens with one attached hydrogen (secondary N) is 1. The lowest BCUT2D eigenvalue weighted by atomic mass is 10.1. The summed E-state index contributed by atoms with van der Waals surface area (Å²) < 4.78 is 33.7. The van der Waals surface area contributed by atoms with Crippen molar-refractivity contribution in [2.45, 2.75) is 38.2 Å². The second-order valence-corrected chi connectivity index (χ2v) is 4.80. The summed E-state index contributed by atoms with van der Waals surface area (Å²) in [6.07, 6.45) is 0.940. The molecule has 0 aromatic heterocycles. The highest BCUT2D eigenvalue weighted by Gasteiger charge is 2.29. The molecule has 1 fully saturated rings. The molecule has 0 bridgehead atoms. The van der Waals surface area contributed by atoms with Crippen molar-refractivity contribution in [3.63, 3.8) is 0 Å². The van der Waals surface area contributed by atoms with Gasteiger partial charge in [0.15, 0.2) is 0 Å². The van der Waals surface area contributed by atoms with E-state index >= 15 is 0 Å². The molecule has 0 saturated carbocycles. The van der Waals surface area contributed by atoms with Crippen LogP contribution in [0.4, 0.5) is 8.78 Å². The third kappa shape index (κ3) is 4.64. The van der Waals surface area contributed by atoms with Crippen LogP contribution < -0.4 is 15.8 Å². The highest BCUT2D eigenvalue weighted by atomic mass is 19.3. The maximum atomic E-state index is 12.0. The zero-order valence-electron chi connectivity index (χ0n) is 11.4. The molecule has 21 heavy (non-hydrogen) atoms. The third-order valence-electron chi connectivity index (χ3n) is 3.28. The zero-order valence-corrected chi connectivity index (χ0v) is 11.4. The number of ether oxygens (including phenoxy) is 2. The molecule has 116 valence electrons. The van der Waals surface area contributed by atoms with E-state index in [9.17, 15) is 13.6 Å². The average molecular weight is 300 g/mol. The van der Waals surface area contributed by atoms with Gasteiger partial charge in [-0.3, -0.25) is 4.79 Å². The lowest BCUT2D eigenvalue weighted by Crippen LogP contribution is -2.35. The highest BCUT2D eigenvalue weighted by molar-refractivity contribution is 5.81. The Morgan fingerprint density at radius 2 is 2.10 bits per heavy atom. The average Bonchev–Trinajstić information content (AvgIpc) is 2.94. The summed E-state index contributed by atoms with van der Waals surface area (Å²) in [6.45, 7) is -2.12. The van der Waals surface area contributed by atoms with Gasteiger partial charge in [-0.25, -0.2) is 0 Å². The van der Waals surface area contributed by atoms with Gasteiger partial charge in [-0.05, 0) is 30.5 Å². The lowest BCUT2D eigenvalue weighted by molar-refractivity contribution is -0.132. The Balaban J connectivity index is 1.79. The van der Waals surface area contributed by atoms with Crippen LogP contribution in [0, 0.1) is 0 Å². The number of alkyl halides is 2. The van der Waals surface area contributed by atoms with Crippen molar-refractivity contribution in [1.82, 2.24) is 5.32 Å². The molecule has 0 radical (unpaired) electrons. The molecule has 3 N–H and O–H groups in total. The van der Waals surface area contributed by atoms with Crippen LogP contribution in [-0.4, -0.2) is 31.3 Å². The predicted octanol–water partition coefficient (Wildman–Crippen LogP) is 1.41. The van der Waals surface area contributed by atoms with E-state index in [0.29, 0.717) is 19.5 Å². The van der Waals surface area contributed by atoms with Crippen LogP contribution in [0.25, 0.3) is 0 Å². The summed E-state index contributed by atoms with van der Waals surface area (Å²) in [4.78, 5) is 11.9. The largest absolute Gasteiger partial charge is 0.435 e. The second-order valence-electron chi connectivity index (χ2n) is 4.80. The van der Waals surface area contributed by atoms with Gasteiger partial charge in [-0.2, -0.15) is 8.78 Å². The van der Waals surface area contributed by atoms with Crippen LogP contribution in [0.5, 0.6) is 5.75 Å². The van der Waals surface area contributed by atoms with Gasteiger partial charge in [0.2, 0.25) is 5.91 Å². The first-order chi connectivity index (χ1) is 10.1. The smallest absolute Gasteiger partial charge is 0.387 e. The Kier molecular flexibility index (Phi) is 5.46. The topological polar surface area (TPSA) is 73.6 Å². The summed E-state index contributed by atoms with van der Waals surface area (Å²) in [5.74, 6) is -0.0937. The number of carbonyl (C=O) groups is 1. The first kappa shape index (κ1) is 15.7. The molecule has 1 saturated heterocycles. The van der Waals surface area contributed by atoms with E-state index in [1.807, 2.05) is 0 Å². The minimum atomic E-state index is -2.84. The molecule has 0 aliphatic carbocycles. The van der Waals surface area contributed by atoms with Gasteiger partial charge in [0, 0.05) is 13.1 Å². The number of nitrogens with two attached hydrogens (primary N) is 1. The number of hydrogen-bond donors (Lipinski definition) is 2. The molecule has 2 atom stereocenters. The fourth-order valence-electron chi connectivity index (χ4n) is 2.16. The number of carbonyl (C=O) groups excluding carboxylic acids is 1. The predicted molar refractivity (Wildman–Crippen MR) is 71.9 cm³/mol. The molecule has 0 spiro atoms. The summed E-state index contributed by atoms with van der Waals surface area (Å²) in [7, 11) is 0. The Morgan fingerprint density at radius 1 is 1.38 bits per heavy atom. The van der Waals surface area contributed by atoms with Crippen molar-refractivity contribution in [2.75, 3.05) is 6.54 Å². The Morgan fingerprint density at radius 3 is 2.67 bits per heavy atom. The molecule has 1 heterocycles. The molecule has 0 unspecified atom stereocenters. The lowest BCUT2D eigenvalue weighted by Gasteiger charge is -2.13. The van der Waals surface area contributed by atoms with E-state index < -0.39 is 12.7 Å². The molecular weight excluding hydrogens is 282 g/mol. The first-order valence-electron chi connectivity index (χ1n) is 6.75. The maximum absolute atomic E-state index is 12.0. The van der Waals surface area contributed by atoms with Gasteiger partial charge in [-0.1, -0.05) is 12.1 Å². The molecule has 1 aromatic carbocycles. The number of amides is 1.